The number of ether oxygens (including phenoxy) is 1. The van der Waals surface area contributed by atoms with Gasteiger partial charge in [0.1, 0.15) is 6.10 Å². The van der Waals surface area contributed by atoms with Gasteiger partial charge in [-0.1, -0.05) is 57.2 Å². The van der Waals surface area contributed by atoms with E-state index in [0.717, 1.165) is 29.7 Å². The van der Waals surface area contributed by atoms with Crippen molar-refractivity contribution in [1.82, 2.24) is 20.2 Å². The Morgan fingerprint density at radius 2 is 2.00 bits per heavy atom. The van der Waals surface area contributed by atoms with Crippen LogP contribution in [0.5, 0.6) is 0 Å². The Hall–Kier alpha value is -1.89. The van der Waals surface area contributed by atoms with E-state index in [1.807, 2.05) is 32.0 Å². The molecule has 0 bridgehead atoms. The highest BCUT2D eigenvalue weighted by Gasteiger charge is 2.33. The molecule has 0 spiro atoms. The van der Waals surface area contributed by atoms with E-state index in [1.54, 1.807) is 4.68 Å². The van der Waals surface area contributed by atoms with Crippen LogP contribution >= 0.6 is 11.8 Å². The Morgan fingerprint density at radius 3 is 2.68 bits per heavy atom. The van der Waals surface area contributed by atoms with E-state index in [1.165, 1.54) is 18.2 Å². The molecule has 1 aliphatic carbocycles. The van der Waals surface area contributed by atoms with E-state index in [0.29, 0.717) is 22.9 Å². The average molecular weight is 403 g/mol. The molecule has 0 aliphatic heterocycles. The third-order valence-electron chi connectivity index (χ3n) is 5.66. The van der Waals surface area contributed by atoms with Crippen LogP contribution < -0.4 is 0 Å². The number of rotatable bonds is 6. The SMILES string of the molecule is Cc1cccc(C)c1-n1nnnc1SCC(=O)O[C@H]1C[C@@H](C)CC[C@@H]1C(C)C. The molecule has 0 saturated heterocycles. The van der Waals surface area contributed by atoms with Gasteiger partial charge in [-0.05, 0) is 66.0 Å². The van der Waals surface area contributed by atoms with Crippen molar-refractivity contribution in [1.29, 1.82) is 0 Å². The van der Waals surface area contributed by atoms with Gasteiger partial charge in [0, 0.05) is 0 Å². The van der Waals surface area contributed by atoms with Crippen molar-refractivity contribution in [3.05, 3.63) is 29.3 Å². The molecule has 3 rings (SSSR count). The number of carbonyl (C=O) groups is 1. The molecule has 2 aromatic rings. The van der Waals surface area contributed by atoms with Crippen LogP contribution in [0.4, 0.5) is 0 Å². The van der Waals surface area contributed by atoms with Gasteiger partial charge in [-0.2, -0.15) is 4.68 Å². The van der Waals surface area contributed by atoms with E-state index >= 15 is 0 Å². The Labute approximate surface area is 171 Å². The smallest absolute Gasteiger partial charge is 0.316 e. The average Bonchev–Trinajstić information content (AvgIpc) is 3.08. The van der Waals surface area contributed by atoms with Gasteiger partial charge in [0.25, 0.3) is 0 Å². The summed E-state index contributed by atoms with van der Waals surface area (Å²) in [7, 11) is 0. The number of tetrazole rings is 1. The molecule has 0 radical (unpaired) electrons. The lowest BCUT2D eigenvalue weighted by Gasteiger charge is -2.36. The van der Waals surface area contributed by atoms with Crippen molar-refractivity contribution in [2.24, 2.45) is 17.8 Å². The third kappa shape index (κ3) is 4.74. The van der Waals surface area contributed by atoms with Crippen LogP contribution in [0.2, 0.25) is 0 Å². The van der Waals surface area contributed by atoms with Crippen molar-refractivity contribution >= 4 is 17.7 Å². The second-order valence-electron chi connectivity index (χ2n) is 8.26. The molecule has 0 unspecified atom stereocenters. The fourth-order valence-electron chi connectivity index (χ4n) is 4.13. The Bertz CT molecular complexity index is 800. The van der Waals surface area contributed by atoms with Crippen LogP contribution in [0.15, 0.2) is 23.4 Å². The molecule has 0 amide bonds. The van der Waals surface area contributed by atoms with Crippen LogP contribution in [-0.4, -0.2) is 38.0 Å². The Kier molecular flexibility index (Phi) is 6.75. The number of thioether (sulfide) groups is 1. The van der Waals surface area contributed by atoms with E-state index in [9.17, 15) is 4.79 Å². The lowest BCUT2D eigenvalue weighted by Crippen LogP contribution is -2.36. The minimum atomic E-state index is -0.189. The van der Waals surface area contributed by atoms with E-state index in [2.05, 4.69) is 36.3 Å². The second kappa shape index (κ2) is 9.07. The van der Waals surface area contributed by atoms with Crippen LogP contribution in [0.1, 0.15) is 51.2 Å². The first-order chi connectivity index (χ1) is 13.4. The van der Waals surface area contributed by atoms with E-state index < -0.39 is 0 Å². The number of carbonyl (C=O) groups excluding carboxylic acids is 1. The first-order valence-corrected chi connectivity index (χ1v) is 11.0. The highest BCUT2D eigenvalue weighted by molar-refractivity contribution is 7.99. The first-order valence-electron chi connectivity index (χ1n) is 10.0. The van der Waals surface area contributed by atoms with Crippen molar-refractivity contribution in [2.45, 2.75) is 65.1 Å². The normalized spacial score (nSPS) is 22.4. The van der Waals surface area contributed by atoms with Crippen LogP contribution in [0.3, 0.4) is 0 Å². The van der Waals surface area contributed by atoms with E-state index in [4.69, 9.17) is 4.74 Å². The summed E-state index contributed by atoms with van der Waals surface area (Å²) in [5.41, 5.74) is 3.14. The van der Waals surface area contributed by atoms with Gasteiger partial charge >= 0.3 is 5.97 Å². The number of benzene rings is 1. The number of aryl methyl sites for hydroxylation is 2. The maximum Gasteiger partial charge on any atom is 0.316 e. The predicted molar refractivity (Wildman–Crippen MR) is 111 cm³/mol. The quantitative estimate of drug-likeness (QED) is 0.528. The minimum absolute atomic E-state index is 0.0199. The number of nitrogens with zero attached hydrogens (tertiary/aromatic N) is 4. The van der Waals surface area contributed by atoms with Crippen LogP contribution in [0.25, 0.3) is 5.69 Å². The topological polar surface area (TPSA) is 69.9 Å². The fourth-order valence-corrected chi connectivity index (χ4v) is 4.78. The standard InChI is InChI=1S/C21H30N4O2S/c1-13(2)17-10-9-14(3)11-18(17)27-19(26)12-28-21-22-23-24-25(21)20-15(4)7-6-8-16(20)5/h6-8,13-14,17-18H,9-12H2,1-5H3/t14-,17+,18-/m0/s1. The number of aromatic nitrogens is 4. The molecule has 1 heterocycles. The maximum absolute atomic E-state index is 12.5. The molecule has 3 atom stereocenters. The third-order valence-corrected chi connectivity index (χ3v) is 6.55. The Balaban J connectivity index is 1.65. The van der Waals surface area contributed by atoms with E-state index in [-0.39, 0.29) is 17.8 Å². The number of esters is 1. The zero-order valence-corrected chi connectivity index (χ0v) is 18.2. The molecule has 152 valence electrons. The molecule has 6 nitrogen and oxygen atoms in total. The molecule has 1 aromatic heterocycles. The molecular weight excluding hydrogens is 372 g/mol. The molecule has 1 saturated carbocycles. The van der Waals surface area contributed by atoms with Gasteiger partial charge < -0.3 is 4.74 Å². The Morgan fingerprint density at radius 1 is 1.29 bits per heavy atom. The van der Waals surface area contributed by atoms with Gasteiger partial charge in [0.2, 0.25) is 5.16 Å². The summed E-state index contributed by atoms with van der Waals surface area (Å²) in [5, 5.41) is 12.6. The number of hydrogen-bond acceptors (Lipinski definition) is 6. The summed E-state index contributed by atoms with van der Waals surface area (Å²) in [6.45, 7) is 10.7. The van der Waals surface area contributed by atoms with Gasteiger partial charge in [-0.25, -0.2) is 0 Å². The van der Waals surface area contributed by atoms with Gasteiger partial charge in [0.05, 0.1) is 11.4 Å². The highest BCUT2D eigenvalue weighted by Crippen LogP contribution is 2.35. The number of para-hydroxylation sites is 1. The lowest BCUT2D eigenvalue weighted by atomic mass is 9.75. The molecular formula is C21H30N4O2S. The minimum Gasteiger partial charge on any atom is -0.461 e. The molecule has 1 fully saturated rings. The maximum atomic E-state index is 12.5. The monoisotopic (exact) mass is 402 g/mol. The predicted octanol–water partition coefficient (Wildman–Crippen LogP) is 4.38. The zero-order valence-electron chi connectivity index (χ0n) is 17.4. The van der Waals surface area contributed by atoms with Crippen molar-refractivity contribution in [3.63, 3.8) is 0 Å². The number of hydrogen-bond donors (Lipinski definition) is 0. The van der Waals surface area contributed by atoms with Crippen molar-refractivity contribution < 1.29 is 9.53 Å². The highest BCUT2D eigenvalue weighted by atomic mass is 32.2. The summed E-state index contributed by atoms with van der Waals surface area (Å²) in [5.74, 6) is 1.60. The summed E-state index contributed by atoms with van der Waals surface area (Å²) in [6.07, 6.45) is 3.33. The lowest BCUT2D eigenvalue weighted by molar-refractivity contribution is -0.152. The zero-order chi connectivity index (χ0) is 20.3. The van der Waals surface area contributed by atoms with Crippen molar-refractivity contribution in [3.8, 4) is 5.69 Å². The van der Waals surface area contributed by atoms with Crippen LogP contribution in [-0.2, 0) is 9.53 Å². The van der Waals surface area contributed by atoms with Crippen LogP contribution in [0, 0.1) is 31.6 Å². The largest absolute Gasteiger partial charge is 0.461 e. The molecule has 28 heavy (non-hydrogen) atoms. The summed E-state index contributed by atoms with van der Waals surface area (Å²) in [6, 6.07) is 6.07. The molecule has 1 aliphatic rings. The van der Waals surface area contributed by atoms with Crippen molar-refractivity contribution in [2.75, 3.05) is 5.75 Å². The molecule has 1 aromatic carbocycles. The van der Waals surface area contributed by atoms with Gasteiger partial charge in [0.15, 0.2) is 0 Å². The molecule has 0 N–H and O–H groups in total. The summed E-state index contributed by atoms with van der Waals surface area (Å²) < 4.78 is 7.60. The summed E-state index contributed by atoms with van der Waals surface area (Å²) in [4.78, 5) is 12.5. The van der Waals surface area contributed by atoms with Gasteiger partial charge in [-0.15, -0.1) is 5.10 Å². The summed E-state index contributed by atoms with van der Waals surface area (Å²) >= 11 is 1.33. The molecule has 7 heteroatoms. The van der Waals surface area contributed by atoms with Gasteiger partial charge in [-0.3, -0.25) is 4.79 Å². The fraction of sp³-hybridized carbons (Fsp3) is 0.619. The first kappa shape index (κ1) is 20.8. The second-order valence-corrected chi connectivity index (χ2v) is 9.20.